The molecule has 1 aliphatic heterocycles. The molecule has 1 atom stereocenters. The third-order valence-corrected chi connectivity index (χ3v) is 2.91. The molecule has 0 unspecified atom stereocenters. The van der Waals surface area contributed by atoms with Crippen LogP contribution in [0.4, 0.5) is 0 Å². The Morgan fingerprint density at radius 3 is 2.80 bits per heavy atom. The van der Waals surface area contributed by atoms with Crippen molar-refractivity contribution in [3.05, 3.63) is 35.4 Å². The summed E-state index contributed by atoms with van der Waals surface area (Å²) in [6.45, 7) is 6.01. The Bertz CT molecular complexity index is 288. The van der Waals surface area contributed by atoms with Crippen LogP contribution in [0.25, 0.3) is 0 Å². The molecule has 2 rings (SSSR count). The standard InChI is InChI=1S/C13H19NO/c1-11-2-4-12(5-3-11)9-15-10-13-6-7-14-8-13/h2-5,13-14H,6-10H2,1H3/t13-/m1/s1. The first kappa shape index (κ1) is 10.7. The molecule has 82 valence electrons. The highest BCUT2D eigenvalue weighted by atomic mass is 16.5. The first-order valence-electron chi connectivity index (χ1n) is 5.68. The van der Waals surface area contributed by atoms with Crippen molar-refractivity contribution in [3.63, 3.8) is 0 Å². The molecule has 1 heterocycles. The van der Waals surface area contributed by atoms with Crippen LogP contribution in [0.3, 0.4) is 0 Å². The third-order valence-electron chi connectivity index (χ3n) is 2.91. The summed E-state index contributed by atoms with van der Waals surface area (Å²) in [6.07, 6.45) is 1.26. The summed E-state index contributed by atoms with van der Waals surface area (Å²) in [4.78, 5) is 0. The predicted molar refractivity (Wildman–Crippen MR) is 61.8 cm³/mol. The number of aryl methyl sites for hydroxylation is 1. The van der Waals surface area contributed by atoms with E-state index in [4.69, 9.17) is 4.74 Å². The van der Waals surface area contributed by atoms with E-state index in [1.807, 2.05) is 0 Å². The molecule has 1 aromatic carbocycles. The van der Waals surface area contributed by atoms with Crippen molar-refractivity contribution in [2.45, 2.75) is 20.0 Å². The van der Waals surface area contributed by atoms with Crippen LogP contribution in [-0.2, 0) is 11.3 Å². The van der Waals surface area contributed by atoms with Crippen LogP contribution in [-0.4, -0.2) is 19.7 Å². The number of benzene rings is 1. The van der Waals surface area contributed by atoms with Gasteiger partial charge >= 0.3 is 0 Å². The van der Waals surface area contributed by atoms with Crippen LogP contribution in [0.5, 0.6) is 0 Å². The molecule has 2 heteroatoms. The van der Waals surface area contributed by atoms with Crippen molar-refractivity contribution in [1.82, 2.24) is 5.32 Å². The van der Waals surface area contributed by atoms with E-state index in [1.165, 1.54) is 17.5 Å². The second kappa shape index (κ2) is 5.29. The lowest BCUT2D eigenvalue weighted by Crippen LogP contribution is -2.13. The van der Waals surface area contributed by atoms with E-state index in [0.717, 1.165) is 32.2 Å². The fourth-order valence-electron chi connectivity index (χ4n) is 1.88. The van der Waals surface area contributed by atoms with Gasteiger partial charge in [0.25, 0.3) is 0 Å². The van der Waals surface area contributed by atoms with E-state index in [9.17, 15) is 0 Å². The van der Waals surface area contributed by atoms with Crippen LogP contribution in [0.1, 0.15) is 17.5 Å². The maximum Gasteiger partial charge on any atom is 0.0717 e. The van der Waals surface area contributed by atoms with Gasteiger partial charge in [0.2, 0.25) is 0 Å². The molecule has 0 saturated carbocycles. The van der Waals surface area contributed by atoms with Gasteiger partial charge in [-0.2, -0.15) is 0 Å². The molecule has 0 radical (unpaired) electrons. The summed E-state index contributed by atoms with van der Waals surface area (Å²) < 4.78 is 5.70. The Morgan fingerprint density at radius 2 is 2.13 bits per heavy atom. The van der Waals surface area contributed by atoms with Gasteiger partial charge in [0.15, 0.2) is 0 Å². The van der Waals surface area contributed by atoms with Crippen LogP contribution in [0, 0.1) is 12.8 Å². The number of nitrogens with one attached hydrogen (secondary N) is 1. The summed E-state index contributed by atoms with van der Waals surface area (Å²) >= 11 is 0. The Balaban J connectivity index is 1.71. The molecule has 0 amide bonds. The minimum absolute atomic E-state index is 0.718. The van der Waals surface area contributed by atoms with Crippen molar-refractivity contribution < 1.29 is 4.74 Å². The summed E-state index contributed by atoms with van der Waals surface area (Å²) in [5.74, 6) is 0.718. The Morgan fingerprint density at radius 1 is 1.33 bits per heavy atom. The molecular formula is C13H19NO. The van der Waals surface area contributed by atoms with Crippen LogP contribution >= 0.6 is 0 Å². The lowest BCUT2D eigenvalue weighted by atomic mass is 10.1. The molecule has 15 heavy (non-hydrogen) atoms. The Kier molecular flexibility index (Phi) is 3.75. The van der Waals surface area contributed by atoms with Crippen LogP contribution in [0.2, 0.25) is 0 Å². The monoisotopic (exact) mass is 205 g/mol. The molecule has 0 aromatic heterocycles. The second-order valence-corrected chi connectivity index (χ2v) is 4.36. The first-order chi connectivity index (χ1) is 7.34. The third kappa shape index (κ3) is 3.33. The maximum atomic E-state index is 5.70. The van der Waals surface area contributed by atoms with Gasteiger partial charge in [-0.3, -0.25) is 0 Å². The number of hydrogen-bond donors (Lipinski definition) is 1. The van der Waals surface area contributed by atoms with Crippen molar-refractivity contribution in [1.29, 1.82) is 0 Å². The summed E-state index contributed by atoms with van der Waals surface area (Å²) in [6, 6.07) is 8.55. The van der Waals surface area contributed by atoms with Gasteiger partial charge in [0.05, 0.1) is 13.2 Å². The van der Waals surface area contributed by atoms with Crippen molar-refractivity contribution in [2.24, 2.45) is 5.92 Å². The molecule has 0 aliphatic carbocycles. The molecule has 2 nitrogen and oxygen atoms in total. The van der Waals surface area contributed by atoms with Crippen LogP contribution < -0.4 is 5.32 Å². The minimum Gasteiger partial charge on any atom is -0.376 e. The first-order valence-corrected chi connectivity index (χ1v) is 5.68. The van der Waals surface area contributed by atoms with E-state index in [2.05, 4.69) is 36.5 Å². The molecule has 1 aliphatic rings. The second-order valence-electron chi connectivity index (χ2n) is 4.36. The van der Waals surface area contributed by atoms with Crippen molar-refractivity contribution in [3.8, 4) is 0 Å². The van der Waals surface area contributed by atoms with Gasteiger partial charge < -0.3 is 10.1 Å². The van der Waals surface area contributed by atoms with E-state index >= 15 is 0 Å². The molecule has 1 fully saturated rings. The van der Waals surface area contributed by atoms with Gasteiger partial charge in [-0.05, 0) is 31.4 Å². The quantitative estimate of drug-likeness (QED) is 0.813. The highest BCUT2D eigenvalue weighted by Crippen LogP contribution is 2.10. The van der Waals surface area contributed by atoms with Gasteiger partial charge in [-0.15, -0.1) is 0 Å². The largest absolute Gasteiger partial charge is 0.376 e. The van der Waals surface area contributed by atoms with Gasteiger partial charge in [0.1, 0.15) is 0 Å². The van der Waals surface area contributed by atoms with E-state index < -0.39 is 0 Å². The number of ether oxygens (including phenoxy) is 1. The zero-order chi connectivity index (χ0) is 10.5. The van der Waals surface area contributed by atoms with E-state index in [-0.39, 0.29) is 0 Å². The Labute approximate surface area is 91.6 Å². The summed E-state index contributed by atoms with van der Waals surface area (Å²) in [5, 5.41) is 3.35. The number of hydrogen-bond acceptors (Lipinski definition) is 2. The molecule has 1 N–H and O–H groups in total. The lowest BCUT2D eigenvalue weighted by molar-refractivity contribution is 0.0925. The fourth-order valence-corrected chi connectivity index (χ4v) is 1.88. The fraction of sp³-hybridized carbons (Fsp3) is 0.538. The molecule has 1 saturated heterocycles. The predicted octanol–water partition coefficient (Wildman–Crippen LogP) is 2.12. The van der Waals surface area contributed by atoms with E-state index in [0.29, 0.717) is 0 Å². The maximum absolute atomic E-state index is 5.70. The molecule has 1 aromatic rings. The highest BCUT2D eigenvalue weighted by Gasteiger charge is 2.13. The average Bonchev–Trinajstić information content (AvgIpc) is 2.74. The minimum atomic E-state index is 0.718. The van der Waals surface area contributed by atoms with Crippen LogP contribution in [0.15, 0.2) is 24.3 Å². The van der Waals surface area contributed by atoms with Gasteiger partial charge in [-0.25, -0.2) is 0 Å². The highest BCUT2D eigenvalue weighted by molar-refractivity contribution is 5.20. The van der Waals surface area contributed by atoms with Gasteiger partial charge in [-0.1, -0.05) is 29.8 Å². The smallest absolute Gasteiger partial charge is 0.0717 e. The lowest BCUT2D eigenvalue weighted by Gasteiger charge is -2.09. The van der Waals surface area contributed by atoms with Crippen molar-refractivity contribution in [2.75, 3.05) is 19.7 Å². The normalized spacial score (nSPS) is 20.7. The Hall–Kier alpha value is -0.860. The number of rotatable bonds is 4. The summed E-state index contributed by atoms with van der Waals surface area (Å²) in [5.41, 5.74) is 2.57. The summed E-state index contributed by atoms with van der Waals surface area (Å²) in [7, 11) is 0. The molecule has 0 bridgehead atoms. The van der Waals surface area contributed by atoms with E-state index in [1.54, 1.807) is 0 Å². The molecular weight excluding hydrogens is 186 g/mol. The zero-order valence-corrected chi connectivity index (χ0v) is 9.33. The average molecular weight is 205 g/mol. The molecule has 0 spiro atoms. The topological polar surface area (TPSA) is 21.3 Å². The zero-order valence-electron chi connectivity index (χ0n) is 9.33. The van der Waals surface area contributed by atoms with Crippen molar-refractivity contribution >= 4 is 0 Å². The SMILES string of the molecule is Cc1ccc(COC[C@@H]2CCNC2)cc1. The van der Waals surface area contributed by atoms with Gasteiger partial charge in [0, 0.05) is 6.54 Å².